The molecule has 0 aliphatic heterocycles. The first-order chi connectivity index (χ1) is 9.03. The van der Waals surface area contributed by atoms with Gasteiger partial charge < -0.3 is 20.7 Å². The van der Waals surface area contributed by atoms with Crippen molar-refractivity contribution in [1.29, 1.82) is 10.8 Å². The number of amidine groups is 1. The Bertz CT molecular complexity index is 385. The van der Waals surface area contributed by atoms with Gasteiger partial charge in [0, 0.05) is 0 Å². The van der Waals surface area contributed by atoms with E-state index in [0.29, 0.717) is 6.42 Å². The van der Waals surface area contributed by atoms with Crippen LogP contribution >= 0.6 is 11.6 Å². The maximum atomic E-state index is 9.91. The van der Waals surface area contributed by atoms with E-state index in [-0.39, 0.29) is 24.0 Å². The monoisotopic (exact) mass is 307 g/mol. The molecule has 0 aromatic carbocycles. The van der Waals surface area contributed by atoms with Crippen LogP contribution < -0.4 is 11.6 Å². The molecule has 8 nitrogen and oxygen atoms in total. The summed E-state index contributed by atoms with van der Waals surface area (Å²) in [6, 6.07) is -0.388. The first kappa shape index (κ1) is 17.3. The van der Waals surface area contributed by atoms with Crippen molar-refractivity contribution in [3.8, 4) is 0 Å². The summed E-state index contributed by atoms with van der Waals surface area (Å²) in [6.07, 6.45) is -0.791. The van der Waals surface area contributed by atoms with E-state index in [9.17, 15) is 10.2 Å². The lowest BCUT2D eigenvalue weighted by Gasteiger charge is -2.28. The molecule has 1 rings (SSSR count). The second-order valence-electron chi connectivity index (χ2n) is 5.37. The molecule has 116 valence electrons. The second-order valence-corrected chi connectivity index (χ2v) is 5.84. The Hall–Kier alpha value is -0.770. The van der Waals surface area contributed by atoms with Crippen molar-refractivity contribution in [2.45, 2.75) is 56.2 Å². The highest BCUT2D eigenvalue weighted by Crippen LogP contribution is 2.28. The van der Waals surface area contributed by atoms with Crippen LogP contribution in [0.3, 0.4) is 0 Å². The minimum Gasteiger partial charge on any atom is -0.390 e. The molecule has 0 aromatic heterocycles. The third-order valence-electron chi connectivity index (χ3n) is 3.07. The van der Waals surface area contributed by atoms with Crippen molar-refractivity contribution >= 4 is 23.1 Å². The summed E-state index contributed by atoms with van der Waals surface area (Å²) >= 11 is 5.54. The first-order valence-electron chi connectivity index (χ1n) is 6.22. The van der Waals surface area contributed by atoms with E-state index in [1.54, 1.807) is 0 Å². The van der Waals surface area contributed by atoms with Crippen LogP contribution in [-0.2, 0) is 4.74 Å². The molecule has 1 saturated carbocycles. The molecule has 4 unspecified atom stereocenters. The van der Waals surface area contributed by atoms with Crippen LogP contribution in [0.15, 0.2) is 0 Å². The Balaban J connectivity index is 2.66. The van der Waals surface area contributed by atoms with Gasteiger partial charge in [-0.1, -0.05) is 11.6 Å². The molecule has 0 bridgehead atoms. The van der Waals surface area contributed by atoms with Crippen molar-refractivity contribution in [3.05, 3.63) is 0 Å². The van der Waals surface area contributed by atoms with Crippen LogP contribution in [0.5, 0.6) is 0 Å². The van der Waals surface area contributed by atoms with Gasteiger partial charge in [0.15, 0.2) is 11.6 Å². The molecule has 1 aliphatic rings. The van der Waals surface area contributed by atoms with Gasteiger partial charge in [0.2, 0.25) is 0 Å². The molecule has 0 aromatic rings. The van der Waals surface area contributed by atoms with Crippen molar-refractivity contribution in [2.75, 3.05) is 0 Å². The predicted octanol–water partition coefficient (Wildman–Crippen LogP) is -0.680. The zero-order valence-electron chi connectivity index (χ0n) is 11.5. The zero-order valence-corrected chi connectivity index (χ0v) is 12.3. The maximum absolute atomic E-state index is 9.91. The first-order valence-corrected chi connectivity index (χ1v) is 6.65. The number of nitrogens with one attached hydrogen (secondary N) is 2. The number of aliphatic hydroxyl groups is 2. The number of nitrogens with zero attached hydrogens (tertiary/aromatic N) is 1. The van der Waals surface area contributed by atoms with Crippen molar-refractivity contribution in [2.24, 2.45) is 11.6 Å². The lowest BCUT2D eigenvalue weighted by molar-refractivity contribution is -0.219. The normalized spacial score (nSPS) is 28.2. The molecule has 20 heavy (non-hydrogen) atoms. The number of hydrogen-bond donors (Lipinski definition) is 6. The van der Waals surface area contributed by atoms with E-state index >= 15 is 0 Å². The molecule has 9 heteroatoms. The van der Waals surface area contributed by atoms with Crippen LogP contribution in [0.25, 0.3) is 0 Å². The van der Waals surface area contributed by atoms with Crippen molar-refractivity contribution in [1.82, 2.24) is 5.01 Å². The second kappa shape index (κ2) is 6.33. The number of nitrogens with two attached hydrogens (primary N) is 2. The highest BCUT2D eigenvalue weighted by atomic mass is 35.5. The third kappa shape index (κ3) is 4.37. The molecule has 1 aliphatic carbocycles. The van der Waals surface area contributed by atoms with Gasteiger partial charge in [-0.2, -0.15) is 0 Å². The Kier molecular flexibility index (Phi) is 5.47. The number of halogens is 1. The Labute approximate surface area is 122 Å². The minimum absolute atomic E-state index is 0.268. The van der Waals surface area contributed by atoms with E-state index in [2.05, 4.69) is 0 Å². The van der Waals surface area contributed by atoms with Crippen LogP contribution in [0.4, 0.5) is 0 Å². The van der Waals surface area contributed by atoms with Crippen molar-refractivity contribution in [3.63, 3.8) is 0 Å². The van der Waals surface area contributed by atoms with E-state index in [1.165, 1.54) is 13.8 Å². The molecule has 1 fully saturated rings. The fourth-order valence-corrected chi connectivity index (χ4v) is 2.23. The number of hydrogen-bond acceptors (Lipinski definition) is 7. The summed E-state index contributed by atoms with van der Waals surface area (Å²) in [5, 5.41) is 35.9. The molecule has 0 radical (unpaired) electrons. The summed E-state index contributed by atoms with van der Waals surface area (Å²) in [5.41, 5.74) is 3.92. The van der Waals surface area contributed by atoms with Gasteiger partial charge in [0.05, 0.1) is 18.2 Å². The summed E-state index contributed by atoms with van der Waals surface area (Å²) in [6.45, 7) is 2.94. The van der Waals surface area contributed by atoms with E-state index in [1.807, 2.05) is 0 Å². The summed E-state index contributed by atoms with van der Waals surface area (Å²) in [5.74, 6) is 4.11. The number of ether oxygens (including phenoxy) is 1. The standard InChI is InChI=1S/C11H22ClN5O3/c1-11(2,19)20-7-4-5(3-6(7)18)17(16)10(15)8(13)9(12)14/h5-7,9,13,15,18-19H,3-4,14,16H2,1-2H3. The number of hydrazine groups is 1. The fourth-order valence-electron chi connectivity index (χ4n) is 2.13. The van der Waals surface area contributed by atoms with Crippen LogP contribution in [-0.4, -0.2) is 56.3 Å². The van der Waals surface area contributed by atoms with Gasteiger partial charge in [-0.05, 0) is 26.7 Å². The van der Waals surface area contributed by atoms with Gasteiger partial charge in [0.25, 0.3) is 0 Å². The summed E-state index contributed by atoms with van der Waals surface area (Å²) < 4.78 is 5.33. The molecule has 4 atom stereocenters. The van der Waals surface area contributed by atoms with Gasteiger partial charge in [0.1, 0.15) is 11.2 Å². The molecule has 8 N–H and O–H groups in total. The average Bonchev–Trinajstić information content (AvgIpc) is 2.65. The Morgan fingerprint density at radius 2 is 2.00 bits per heavy atom. The lowest BCUT2D eigenvalue weighted by atomic mass is 10.2. The Morgan fingerprint density at radius 3 is 2.45 bits per heavy atom. The summed E-state index contributed by atoms with van der Waals surface area (Å²) in [7, 11) is 0. The highest BCUT2D eigenvalue weighted by Gasteiger charge is 2.40. The number of aliphatic hydroxyl groups excluding tert-OH is 1. The fraction of sp³-hybridized carbons (Fsp3) is 0.818. The predicted molar refractivity (Wildman–Crippen MR) is 75.5 cm³/mol. The lowest BCUT2D eigenvalue weighted by Crippen LogP contribution is -2.50. The van der Waals surface area contributed by atoms with Crippen LogP contribution in [0, 0.1) is 10.8 Å². The Morgan fingerprint density at radius 1 is 1.45 bits per heavy atom. The quantitative estimate of drug-likeness (QED) is 0.0752. The smallest absolute Gasteiger partial charge is 0.160 e. The van der Waals surface area contributed by atoms with Gasteiger partial charge in [-0.15, -0.1) is 0 Å². The average molecular weight is 308 g/mol. The number of rotatable bonds is 5. The molecular formula is C11H22ClN5O3. The minimum atomic E-state index is -1.36. The molecule has 0 saturated heterocycles. The summed E-state index contributed by atoms with van der Waals surface area (Å²) in [4.78, 5) is 0. The highest BCUT2D eigenvalue weighted by molar-refractivity contribution is 6.50. The topological polar surface area (TPSA) is 153 Å². The number of alkyl halides is 1. The van der Waals surface area contributed by atoms with Gasteiger partial charge in [-0.25, -0.2) is 5.84 Å². The van der Waals surface area contributed by atoms with E-state index in [0.717, 1.165) is 5.01 Å². The van der Waals surface area contributed by atoms with E-state index < -0.39 is 23.5 Å². The van der Waals surface area contributed by atoms with Gasteiger partial charge >= 0.3 is 0 Å². The third-order valence-corrected chi connectivity index (χ3v) is 3.29. The molecule has 0 spiro atoms. The maximum Gasteiger partial charge on any atom is 0.160 e. The van der Waals surface area contributed by atoms with E-state index in [4.69, 9.17) is 38.7 Å². The zero-order chi connectivity index (χ0) is 15.7. The van der Waals surface area contributed by atoms with Crippen LogP contribution in [0.2, 0.25) is 0 Å². The molecular weight excluding hydrogens is 286 g/mol. The SMILES string of the molecule is CC(C)(O)OC1CC(N(N)C(=N)C(=N)C(N)Cl)CC1O. The molecule has 0 heterocycles. The van der Waals surface area contributed by atoms with Crippen molar-refractivity contribution < 1.29 is 14.9 Å². The van der Waals surface area contributed by atoms with Crippen LogP contribution in [0.1, 0.15) is 26.7 Å². The van der Waals surface area contributed by atoms with Gasteiger partial charge in [-0.3, -0.25) is 15.8 Å². The molecule has 0 amide bonds. The largest absolute Gasteiger partial charge is 0.390 e.